The van der Waals surface area contributed by atoms with Crippen LogP contribution >= 0.6 is 0 Å². The molecule has 12 heavy (non-hydrogen) atoms. The van der Waals surface area contributed by atoms with Crippen molar-refractivity contribution >= 4 is 6.16 Å². The Morgan fingerprint density at radius 1 is 1.50 bits per heavy atom. The van der Waals surface area contributed by atoms with Crippen LogP contribution in [0.2, 0.25) is 0 Å². The molecule has 0 rings (SSSR count). The largest absolute Gasteiger partial charge is 0.508 e. The molecule has 0 aliphatic rings. The van der Waals surface area contributed by atoms with Crippen LogP contribution in [0.25, 0.3) is 0 Å². The quantitative estimate of drug-likeness (QED) is 0.363. The summed E-state index contributed by atoms with van der Waals surface area (Å²) in [5.41, 5.74) is 0. The molecule has 0 heterocycles. The molecule has 0 aliphatic heterocycles. The zero-order chi connectivity index (χ0) is 9.40. The number of carbonyl (C=O) groups is 1. The predicted octanol–water partition coefficient (Wildman–Crippen LogP) is 2.37. The van der Waals surface area contributed by atoms with E-state index in [4.69, 9.17) is 9.47 Å². The van der Waals surface area contributed by atoms with Gasteiger partial charge in [0.05, 0.1) is 13.2 Å². The fourth-order valence-corrected chi connectivity index (χ4v) is 0.502. The van der Waals surface area contributed by atoms with Gasteiger partial charge in [-0.05, 0) is 12.3 Å². The second kappa shape index (κ2) is 6.70. The van der Waals surface area contributed by atoms with Crippen LogP contribution in [0.15, 0.2) is 12.7 Å². The summed E-state index contributed by atoms with van der Waals surface area (Å²) < 4.78 is 9.45. The summed E-state index contributed by atoms with van der Waals surface area (Å²) in [6.07, 6.45) is 1.76. The zero-order valence-corrected chi connectivity index (χ0v) is 7.71. The average Bonchev–Trinajstić information content (AvgIpc) is 2.01. The van der Waals surface area contributed by atoms with Crippen molar-refractivity contribution in [2.75, 3.05) is 13.2 Å². The highest BCUT2D eigenvalue weighted by molar-refractivity contribution is 5.59. The Morgan fingerprint density at radius 2 is 2.17 bits per heavy atom. The molecular formula is C9H16O3. The molecular weight excluding hydrogens is 156 g/mol. The number of rotatable bonds is 5. The first-order valence-corrected chi connectivity index (χ1v) is 4.07. The van der Waals surface area contributed by atoms with Crippen LogP contribution in [0.3, 0.4) is 0 Å². The van der Waals surface area contributed by atoms with E-state index >= 15 is 0 Å². The van der Waals surface area contributed by atoms with Gasteiger partial charge in [0, 0.05) is 0 Å². The molecule has 0 saturated heterocycles. The highest BCUT2D eigenvalue weighted by Gasteiger charge is 2.03. The van der Waals surface area contributed by atoms with Gasteiger partial charge in [-0.15, -0.1) is 6.58 Å². The monoisotopic (exact) mass is 172 g/mol. The Kier molecular flexibility index (Phi) is 6.15. The van der Waals surface area contributed by atoms with Gasteiger partial charge in [0.15, 0.2) is 0 Å². The lowest BCUT2D eigenvalue weighted by atomic mass is 10.2. The highest BCUT2D eigenvalue weighted by atomic mass is 16.7. The second-order valence-electron chi connectivity index (χ2n) is 2.88. The fourth-order valence-electron chi connectivity index (χ4n) is 0.502. The van der Waals surface area contributed by atoms with Crippen molar-refractivity contribution in [1.82, 2.24) is 0 Å². The summed E-state index contributed by atoms with van der Waals surface area (Å²) in [6, 6.07) is 0. The number of ether oxygens (including phenoxy) is 2. The van der Waals surface area contributed by atoms with E-state index in [0.717, 1.165) is 0 Å². The molecule has 0 atom stereocenters. The van der Waals surface area contributed by atoms with E-state index in [9.17, 15) is 4.79 Å². The molecule has 0 N–H and O–H groups in total. The van der Waals surface area contributed by atoms with Crippen molar-refractivity contribution < 1.29 is 14.3 Å². The Labute approximate surface area is 73.4 Å². The Hall–Kier alpha value is -0.990. The lowest BCUT2D eigenvalue weighted by Crippen LogP contribution is -2.11. The third kappa shape index (κ3) is 7.12. The van der Waals surface area contributed by atoms with Crippen LogP contribution in [0.5, 0.6) is 0 Å². The van der Waals surface area contributed by atoms with E-state index in [2.05, 4.69) is 6.58 Å². The smallest absolute Gasteiger partial charge is 0.434 e. The Morgan fingerprint density at radius 3 is 2.67 bits per heavy atom. The van der Waals surface area contributed by atoms with Crippen molar-refractivity contribution in [1.29, 1.82) is 0 Å². The average molecular weight is 172 g/mol. The van der Waals surface area contributed by atoms with Gasteiger partial charge in [-0.2, -0.15) is 0 Å². The fraction of sp³-hybridized carbons (Fsp3) is 0.667. The van der Waals surface area contributed by atoms with E-state index in [-0.39, 0.29) is 0 Å². The van der Waals surface area contributed by atoms with Gasteiger partial charge in [0.25, 0.3) is 0 Å². The SMILES string of the molecule is C=CCCOC(=O)OCC(C)C. The molecule has 0 saturated carbocycles. The minimum absolute atomic E-state index is 0.344. The van der Waals surface area contributed by atoms with Crippen molar-refractivity contribution in [3.05, 3.63) is 12.7 Å². The van der Waals surface area contributed by atoms with E-state index in [0.29, 0.717) is 25.6 Å². The van der Waals surface area contributed by atoms with Crippen LogP contribution in [-0.2, 0) is 9.47 Å². The van der Waals surface area contributed by atoms with Crippen molar-refractivity contribution in [2.24, 2.45) is 5.92 Å². The van der Waals surface area contributed by atoms with Crippen molar-refractivity contribution in [2.45, 2.75) is 20.3 Å². The maximum Gasteiger partial charge on any atom is 0.508 e. The maximum atomic E-state index is 10.7. The second-order valence-corrected chi connectivity index (χ2v) is 2.88. The molecule has 3 heteroatoms. The summed E-state index contributed by atoms with van der Waals surface area (Å²) in [5, 5.41) is 0. The van der Waals surface area contributed by atoms with Gasteiger partial charge in [-0.3, -0.25) is 0 Å². The molecule has 0 spiro atoms. The molecule has 0 aromatic carbocycles. The minimum Gasteiger partial charge on any atom is -0.434 e. The molecule has 0 fully saturated rings. The van der Waals surface area contributed by atoms with Crippen molar-refractivity contribution in [3.63, 3.8) is 0 Å². The molecule has 0 radical (unpaired) electrons. The normalized spacial score (nSPS) is 9.58. The molecule has 0 aliphatic carbocycles. The van der Waals surface area contributed by atoms with E-state index in [1.807, 2.05) is 13.8 Å². The summed E-state index contributed by atoms with van der Waals surface area (Å²) >= 11 is 0. The molecule has 0 bridgehead atoms. The summed E-state index contributed by atoms with van der Waals surface area (Å²) in [6.45, 7) is 8.20. The van der Waals surface area contributed by atoms with Crippen LogP contribution in [0.1, 0.15) is 20.3 Å². The Bertz CT molecular complexity index is 141. The minimum atomic E-state index is -0.592. The third-order valence-electron chi connectivity index (χ3n) is 1.08. The number of hydrogen-bond acceptors (Lipinski definition) is 3. The lowest BCUT2D eigenvalue weighted by Gasteiger charge is -2.06. The summed E-state index contributed by atoms with van der Waals surface area (Å²) in [7, 11) is 0. The van der Waals surface area contributed by atoms with Crippen LogP contribution in [-0.4, -0.2) is 19.4 Å². The van der Waals surface area contributed by atoms with E-state index in [1.165, 1.54) is 0 Å². The van der Waals surface area contributed by atoms with Crippen molar-refractivity contribution in [3.8, 4) is 0 Å². The number of hydrogen-bond donors (Lipinski definition) is 0. The maximum absolute atomic E-state index is 10.7. The molecule has 0 aromatic heterocycles. The molecule has 0 unspecified atom stereocenters. The Balaban J connectivity index is 3.27. The van der Waals surface area contributed by atoms with Gasteiger partial charge in [0.2, 0.25) is 0 Å². The standard InChI is InChI=1S/C9H16O3/c1-4-5-6-11-9(10)12-7-8(2)3/h4,8H,1,5-7H2,2-3H3. The van der Waals surface area contributed by atoms with E-state index < -0.39 is 6.16 Å². The van der Waals surface area contributed by atoms with Crippen LogP contribution < -0.4 is 0 Å². The molecule has 70 valence electrons. The molecule has 0 amide bonds. The van der Waals surface area contributed by atoms with Gasteiger partial charge in [0.1, 0.15) is 0 Å². The first kappa shape index (κ1) is 11.0. The molecule has 0 aromatic rings. The zero-order valence-electron chi connectivity index (χ0n) is 7.71. The van der Waals surface area contributed by atoms with Gasteiger partial charge >= 0.3 is 6.16 Å². The summed E-state index contributed by atoms with van der Waals surface area (Å²) in [4.78, 5) is 10.7. The topological polar surface area (TPSA) is 35.5 Å². The number of carbonyl (C=O) groups excluding carboxylic acids is 1. The molecule has 3 nitrogen and oxygen atoms in total. The predicted molar refractivity (Wildman–Crippen MR) is 47.0 cm³/mol. The van der Waals surface area contributed by atoms with Crippen LogP contribution in [0.4, 0.5) is 4.79 Å². The van der Waals surface area contributed by atoms with Gasteiger partial charge in [-0.25, -0.2) is 4.79 Å². The van der Waals surface area contributed by atoms with Crippen LogP contribution in [0, 0.1) is 5.92 Å². The third-order valence-corrected chi connectivity index (χ3v) is 1.08. The first-order valence-electron chi connectivity index (χ1n) is 4.07. The highest BCUT2D eigenvalue weighted by Crippen LogP contribution is 1.95. The lowest BCUT2D eigenvalue weighted by molar-refractivity contribution is 0.0487. The first-order chi connectivity index (χ1) is 5.66. The summed E-state index contributed by atoms with van der Waals surface area (Å²) in [5.74, 6) is 0.344. The van der Waals surface area contributed by atoms with Gasteiger partial charge in [-0.1, -0.05) is 19.9 Å². The van der Waals surface area contributed by atoms with E-state index in [1.54, 1.807) is 6.08 Å². The van der Waals surface area contributed by atoms with Gasteiger partial charge < -0.3 is 9.47 Å².